The van der Waals surface area contributed by atoms with Gasteiger partial charge >= 0.3 is 5.97 Å². The van der Waals surface area contributed by atoms with Crippen LogP contribution in [0.2, 0.25) is 0 Å². The van der Waals surface area contributed by atoms with Crippen LogP contribution >= 0.6 is 0 Å². The lowest BCUT2D eigenvalue weighted by Crippen LogP contribution is -2.47. The van der Waals surface area contributed by atoms with Gasteiger partial charge in [0.2, 0.25) is 0 Å². The second-order valence-corrected chi connectivity index (χ2v) is 6.65. The number of alkyl halides is 1. The van der Waals surface area contributed by atoms with Crippen molar-refractivity contribution in [3.8, 4) is 0 Å². The van der Waals surface area contributed by atoms with Crippen molar-refractivity contribution in [2.45, 2.75) is 39.3 Å². The highest BCUT2D eigenvalue weighted by Gasteiger charge is 2.52. The summed E-state index contributed by atoms with van der Waals surface area (Å²) in [5, 5.41) is 0. The Hall–Kier alpha value is -2.75. The number of carbonyl (C=O) groups is 2. The molecule has 0 aliphatic heterocycles. The molecule has 2 unspecified atom stereocenters. The molecule has 0 aliphatic rings. The summed E-state index contributed by atoms with van der Waals surface area (Å²) in [4.78, 5) is 24.7. The summed E-state index contributed by atoms with van der Waals surface area (Å²) >= 11 is 0. The standard InChI is InChI=1S/C23H25FO3/c1-5-27-22(26)23(24,18(4)25)21(20-11-7-9-17(3)15-20)13-12-19-10-6-8-16(2)14-19/h6-15,21H,5H2,1-4H3/b13-12+. The first-order chi connectivity index (χ1) is 12.8. The molecule has 0 radical (unpaired) electrons. The molecule has 0 aromatic heterocycles. The van der Waals surface area contributed by atoms with Gasteiger partial charge in [-0.3, -0.25) is 4.79 Å². The molecule has 0 heterocycles. The van der Waals surface area contributed by atoms with Gasteiger partial charge in [-0.1, -0.05) is 71.8 Å². The third kappa shape index (κ3) is 4.70. The van der Waals surface area contributed by atoms with Crippen LogP contribution in [-0.2, 0) is 14.3 Å². The molecule has 2 atom stereocenters. The second-order valence-electron chi connectivity index (χ2n) is 6.65. The molecule has 0 fully saturated rings. The average Bonchev–Trinajstić information content (AvgIpc) is 2.61. The van der Waals surface area contributed by atoms with E-state index in [1.807, 2.05) is 44.2 Å². The number of allylic oxidation sites excluding steroid dienone is 1. The molecule has 0 amide bonds. The summed E-state index contributed by atoms with van der Waals surface area (Å²) in [7, 11) is 0. The number of benzene rings is 2. The molecular formula is C23H25FO3. The van der Waals surface area contributed by atoms with Crippen molar-refractivity contribution in [3.63, 3.8) is 0 Å². The van der Waals surface area contributed by atoms with E-state index in [9.17, 15) is 9.59 Å². The summed E-state index contributed by atoms with van der Waals surface area (Å²) in [5.74, 6) is -3.12. The van der Waals surface area contributed by atoms with E-state index in [0.717, 1.165) is 23.6 Å². The number of rotatable bonds is 7. The highest BCUT2D eigenvalue weighted by molar-refractivity contribution is 6.07. The fourth-order valence-electron chi connectivity index (χ4n) is 3.04. The Morgan fingerprint density at radius 3 is 2.30 bits per heavy atom. The minimum absolute atomic E-state index is 0.0000843. The van der Waals surface area contributed by atoms with E-state index < -0.39 is 23.3 Å². The molecule has 2 rings (SSSR count). The molecule has 2 aromatic carbocycles. The lowest BCUT2D eigenvalue weighted by atomic mass is 9.80. The molecule has 2 aromatic rings. The second kappa shape index (κ2) is 8.76. The van der Waals surface area contributed by atoms with E-state index in [1.54, 1.807) is 37.3 Å². The van der Waals surface area contributed by atoms with Crippen molar-refractivity contribution in [1.82, 2.24) is 0 Å². The maximum atomic E-state index is 15.9. The number of ketones is 1. The molecule has 0 saturated carbocycles. The number of Topliss-reactive ketones (excluding diaryl/α,β-unsaturated/α-hetero) is 1. The van der Waals surface area contributed by atoms with Crippen LogP contribution in [0.4, 0.5) is 4.39 Å². The van der Waals surface area contributed by atoms with Gasteiger partial charge in [-0.2, -0.15) is 0 Å². The third-order valence-electron chi connectivity index (χ3n) is 4.44. The Kier molecular flexibility index (Phi) is 6.67. The average molecular weight is 368 g/mol. The summed E-state index contributed by atoms with van der Waals surface area (Å²) < 4.78 is 20.8. The van der Waals surface area contributed by atoms with E-state index in [-0.39, 0.29) is 6.61 Å². The number of hydrogen-bond acceptors (Lipinski definition) is 3. The molecular weight excluding hydrogens is 343 g/mol. The molecule has 0 saturated heterocycles. The SMILES string of the molecule is CCOC(=O)C(F)(C(C)=O)C(/C=C/c1cccc(C)c1)c1cccc(C)c1. The molecule has 27 heavy (non-hydrogen) atoms. The molecule has 0 aliphatic carbocycles. The van der Waals surface area contributed by atoms with Gasteiger partial charge in [-0.25, -0.2) is 9.18 Å². The normalized spacial score (nSPS) is 14.6. The fourth-order valence-corrected chi connectivity index (χ4v) is 3.04. The van der Waals surface area contributed by atoms with E-state index in [2.05, 4.69) is 0 Å². The van der Waals surface area contributed by atoms with Gasteiger partial charge in [-0.15, -0.1) is 0 Å². The number of aryl methyl sites for hydroxylation is 2. The van der Waals surface area contributed by atoms with Gasteiger partial charge in [0.1, 0.15) is 0 Å². The number of carbonyl (C=O) groups excluding carboxylic acids is 2. The zero-order chi connectivity index (χ0) is 20.0. The van der Waals surface area contributed by atoms with Gasteiger partial charge in [-0.05, 0) is 38.8 Å². The number of ether oxygens (including phenoxy) is 1. The smallest absolute Gasteiger partial charge is 0.352 e. The largest absolute Gasteiger partial charge is 0.463 e. The monoisotopic (exact) mass is 368 g/mol. The van der Waals surface area contributed by atoms with Crippen LogP contribution in [0.5, 0.6) is 0 Å². The van der Waals surface area contributed by atoms with Gasteiger partial charge < -0.3 is 4.74 Å². The Morgan fingerprint density at radius 1 is 1.11 bits per heavy atom. The first kappa shape index (κ1) is 20.6. The van der Waals surface area contributed by atoms with Crippen molar-refractivity contribution in [1.29, 1.82) is 0 Å². The Bertz CT molecular complexity index is 856. The molecule has 4 heteroatoms. The summed E-state index contributed by atoms with van der Waals surface area (Å²) in [6.07, 6.45) is 3.30. The lowest BCUT2D eigenvalue weighted by molar-refractivity contribution is -0.162. The zero-order valence-corrected chi connectivity index (χ0v) is 16.2. The first-order valence-corrected chi connectivity index (χ1v) is 8.97. The summed E-state index contributed by atoms with van der Waals surface area (Å²) in [6.45, 7) is 6.51. The van der Waals surface area contributed by atoms with E-state index in [4.69, 9.17) is 4.74 Å². The Morgan fingerprint density at radius 2 is 1.74 bits per heavy atom. The summed E-state index contributed by atoms with van der Waals surface area (Å²) in [6, 6.07) is 14.8. The summed E-state index contributed by atoms with van der Waals surface area (Å²) in [5.41, 5.74) is 0.598. The lowest BCUT2D eigenvalue weighted by Gasteiger charge is -2.28. The van der Waals surface area contributed by atoms with Crippen LogP contribution in [0.25, 0.3) is 6.08 Å². The molecule has 3 nitrogen and oxygen atoms in total. The quantitative estimate of drug-likeness (QED) is 0.512. The van der Waals surface area contributed by atoms with Crippen LogP contribution in [-0.4, -0.2) is 24.0 Å². The molecule has 0 bridgehead atoms. The predicted octanol–water partition coefficient (Wildman–Crippen LogP) is 4.96. The topological polar surface area (TPSA) is 43.4 Å². The van der Waals surface area contributed by atoms with Gasteiger partial charge in [0.15, 0.2) is 5.78 Å². The van der Waals surface area contributed by atoms with E-state index in [1.165, 1.54) is 0 Å². The van der Waals surface area contributed by atoms with Gasteiger partial charge in [0.25, 0.3) is 5.67 Å². The van der Waals surface area contributed by atoms with Crippen LogP contribution in [0, 0.1) is 13.8 Å². The van der Waals surface area contributed by atoms with Crippen LogP contribution in [0.3, 0.4) is 0 Å². The van der Waals surface area contributed by atoms with Crippen molar-refractivity contribution < 1.29 is 18.7 Å². The van der Waals surface area contributed by atoms with Crippen LogP contribution < -0.4 is 0 Å². The zero-order valence-electron chi connectivity index (χ0n) is 16.2. The minimum atomic E-state index is -2.79. The van der Waals surface area contributed by atoms with Crippen molar-refractivity contribution in [2.75, 3.05) is 6.61 Å². The maximum absolute atomic E-state index is 15.9. The number of hydrogen-bond donors (Lipinski definition) is 0. The van der Waals surface area contributed by atoms with Crippen molar-refractivity contribution in [2.24, 2.45) is 0 Å². The Balaban J connectivity index is 2.57. The minimum Gasteiger partial charge on any atom is -0.463 e. The van der Waals surface area contributed by atoms with Gasteiger partial charge in [0.05, 0.1) is 12.5 Å². The third-order valence-corrected chi connectivity index (χ3v) is 4.44. The maximum Gasteiger partial charge on any atom is 0.352 e. The van der Waals surface area contributed by atoms with Crippen LogP contribution in [0.15, 0.2) is 54.6 Å². The molecule has 0 N–H and O–H groups in total. The van der Waals surface area contributed by atoms with E-state index in [0.29, 0.717) is 5.56 Å². The number of halogens is 1. The Labute approximate surface area is 159 Å². The first-order valence-electron chi connectivity index (χ1n) is 8.97. The predicted molar refractivity (Wildman–Crippen MR) is 105 cm³/mol. The highest BCUT2D eigenvalue weighted by atomic mass is 19.1. The molecule has 0 spiro atoms. The molecule has 142 valence electrons. The van der Waals surface area contributed by atoms with Crippen molar-refractivity contribution in [3.05, 3.63) is 76.9 Å². The fraction of sp³-hybridized carbons (Fsp3) is 0.304. The van der Waals surface area contributed by atoms with Crippen molar-refractivity contribution >= 4 is 17.8 Å². The number of esters is 1. The van der Waals surface area contributed by atoms with E-state index >= 15 is 4.39 Å². The van der Waals surface area contributed by atoms with Crippen LogP contribution in [0.1, 0.15) is 42.0 Å². The van der Waals surface area contributed by atoms with Gasteiger partial charge in [0, 0.05) is 0 Å². The highest BCUT2D eigenvalue weighted by Crippen LogP contribution is 2.36.